The summed E-state index contributed by atoms with van der Waals surface area (Å²) >= 11 is 0. The maximum atomic E-state index is 11.9. The van der Waals surface area contributed by atoms with Gasteiger partial charge in [0.2, 0.25) is 11.8 Å². The number of aliphatic carboxylic acids is 1. The molecule has 0 atom stereocenters. The van der Waals surface area contributed by atoms with Crippen molar-refractivity contribution in [1.29, 1.82) is 0 Å². The number of rotatable bonds is 8. The van der Waals surface area contributed by atoms with Gasteiger partial charge in [-0.25, -0.2) is 0 Å². The smallest absolute Gasteiger partial charge is 0.323 e. The molecule has 6 heteroatoms. The van der Waals surface area contributed by atoms with Crippen molar-refractivity contribution in [2.45, 2.75) is 47.0 Å². The number of carbonyl (C=O) groups excluding carboxylic acids is 2. The van der Waals surface area contributed by atoms with E-state index in [-0.39, 0.29) is 24.8 Å². The van der Waals surface area contributed by atoms with E-state index in [2.05, 4.69) is 5.32 Å². The molecule has 0 unspecified atom stereocenters. The van der Waals surface area contributed by atoms with Crippen molar-refractivity contribution in [2.24, 2.45) is 5.41 Å². The van der Waals surface area contributed by atoms with Crippen LogP contribution in [-0.2, 0) is 14.4 Å². The second-order valence-electron chi connectivity index (χ2n) is 5.82. The van der Waals surface area contributed by atoms with Crippen LogP contribution in [0.4, 0.5) is 0 Å². The molecule has 20 heavy (non-hydrogen) atoms. The molecule has 2 amide bonds. The zero-order valence-electron chi connectivity index (χ0n) is 12.9. The molecular formula is C14H26N2O4. The van der Waals surface area contributed by atoms with Gasteiger partial charge in [-0.15, -0.1) is 0 Å². The summed E-state index contributed by atoms with van der Waals surface area (Å²) in [4.78, 5) is 35.5. The third-order valence-electron chi connectivity index (χ3n) is 2.71. The van der Waals surface area contributed by atoms with Crippen LogP contribution in [0.15, 0.2) is 0 Å². The predicted octanol–water partition coefficient (Wildman–Crippen LogP) is 1.25. The molecule has 2 N–H and O–H groups in total. The van der Waals surface area contributed by atoms with Crippen molar-refractivity contribution in [3.05, 3.63) is 0 Å². The van der Waals surface area contributed by atoms with Crippen LogP contribution in [0.1, 0.15) is 47.0 Å². The minimum atomic E-state index is -1.01. The fraction of sp³-hybridized carbons (Fsp3) is 0.786. The number of amides is 2. The number of hydrogen-bond acceptors (Lipinski definition) is 3. The number of carbonyl (C=O) groups is 3. The van der Waals surface area contributed by atoms with Crippen LogP contribution in [0.3, 0.4) is 0 Å². The molecule has 0 aromatic heterocycles. The fourth-order valence-electron chi connectivity index (χ4n) is 1.59. The summed E-state index contributed by atoms with van der Waals surface area (Å²) in [5, 5.41) is 11.5. The Morgan fingerprint density at radius 2 is 1.80 bits per heavy atom. The molecule has 0 aromatic rings. The van der Waals surface area contributed by atoms with Crippen molar-refractivity contribution in [1.82, 2.24) is 10.2 Å². The first-order chi connectivity index (χ1) is 9.18. The van der Waals surface area contributed by atoms with Gasteiger partial charge in [0.05, 0.1) is 0 Å². The van der Waals surface area contributed by atoms with Crippen molar-refractivity contribution in [3.8, 4) is 0 Å². The van der Waals surface area contributed by atoms with Gasteiger partial charge in [0.1, 0.15) is 6.54 Å². The molecule has 0 spiro atoms. The summed E-state index contributed by atoms with van der Waals surface area (Å²) in [6.07, 6.45) is 1.48. The number of nitrogens with one attached hydrogen (secondary N) is 1. The summed E-state index contributed by atoms with van der Waals surface area (Å²) in [5.74, 6) is -1.24. The van der Waals surface area contributed by atoms with Crippen LogP contribution < -0.4 is 5.32 Å². The van der Waals surface area contributed by atoms with E-state index in [0.29, 0.717) is 19.5 Å². The zero-order chi connectivity index (χ0) is 15.8. The number of carboxylic acids is 1. The van der Waals surface area contributed by atoms with Gasteiger partial charge in [-0.1, -0.05) is 27.7 Å². The first-order valence-electron chi connectivity index (χ1n) is 6.96. The highest BCUT2D eigenvalue weighted by molar-refractivity contribution is 5.82. The Morgan fingerprint density at radius 1 is 1.20 bits per heavy atom. The standard InChI is InChI=1S/C14H26N2O4/c1-5-9-16(10-12(18)19)11(17)7-6-8-15-13(20)14(2,3)4/h5-10H2,1-4H3,(H,15,20)(H,18,19). The van der Waals surface area contributed by atoms with Crippen LogP contribution in [0.2, 0.25) is 0 Å². The van der Waals surface area contributed by atoms with E-state index in [1.165, 1.54) is 4.90 Å². The SMILES string of the molecule is CCCN(CC(=O)O)C(=O)CCCNC(=O)C(C)(C)C. The van der Waals surface area contributed by atoms with Crippen LogP contribution >= 0.6 is 0 Å². The first kappa shape index (κ1) is 18.4. The summed E-state index contributed by atoms with van der Waals surface area (Å²) in [7, 11) is 0. The fourth-order valence-corrected chi connectivity index (χ4v) is 1.59. The van der Waals surface area contributed by atoms with Crippen LogP contribution in [-0.4, -0.2) is 47.4 Å². The van der Waals surface area contributed by atoms with Gasteiger partial charge in [0.25, 0.3) is 0 Å². The molecule has 0 aliphatic carbocycles. The predicted molar refractivity (Wildman–Crippen MR) is 76.2 cm³/mol. The highest BCUT2D eigenvalue weighted by Gasteiger charge is 2.20. The average Bonchev–Trinajstić information content (AvgIpc) is 2.31. The Kier molecular flexibility index (Phi) is 7.87. The topological polar surface area (TPSA) is 86.7 Å². The van der Waals surface area contributed by atoms with E-state index >= 15 is 0 Å². The van der Waals surface area contributed by atoms with Gasteiger partial charge in [0.15, 0.2) is 0 Å². The van der Waals surface area contributed by atoms with E-state index < -0.39 is 11.4 Å². The molecule has 0 aliphatic heterocycles. The normalized spacial score (nSPS) is 11.0. The molecule has 0 saturated heterocycles. The van der Waals surface area contributed by atoms with E-state index in [9.17, 15) is 14.4 Å². The molecule has 116 valence electrons. The number of carboxylic acid groups (broad SMARTS) is 1. The summed E-state index contributed by atoms with van der Waals surface area (Å²) < 4.78 is 0. The van der Waals surface area contributed by atoms with E-state index in [0.717, 1.165) is 6.42 Å². The molecule has 0 aromatic carbocycles. The van der Waals surface area contributed by atoms with Gasteiger partial charge in [-0.3, -0.25) is 14.4 Å². The monoisotopic (exact) mass is 286 g/mol. The first-order valence-corrected chi connectivity index (χ1v) is 6.96. The number of nitrogens with zero attached hydrogens (tertiary/aromatic N) is 1. The highest BCUT2D eigenvalue weighted by Crippen LogP contribution is 2.12. The van der Waals surface area contributed by atoms with Gasteiger partial charge in [-0.2, -0.15) is 0 Å². The maximum absolute atomic E-state index is 11.9. The van der Waals surface area contributed by atoms with Crippen LogP contribution in [0.5, 0.6) is 0 Å². The van der Waals surface area contributed by atoms with E-state index in [1.54, 1.807) is 0 Å². The van der Waals surface area contributed by atoms with Gasteiger partial charge < -0.3 is 15.3 Å². The minimum Gasteiger partial charge on any atom is -0.480 e. The molecule has 0 bridgehead atoms. The molecule has 0 aliphatic rings. The second-order valence-corrected chi connectivity index (χ2v) is 5.82. The maximum Gasteiger partial charge on any atom is 0.323 e. The van der Waals surface area contributed by atoms with Crippen molar-refractivity contribution >= 4 is 17.8 Å². The summed E-state index contributed by atoms with van der Waals surface area (Å²) in [6, 6.07) is 0. The van der Waals surface area contributed by atoms with Gasteiger partial charge in [-0.05, 0) is 12.8 Å². The Balaban J connectivity index is 4.07. The largest absolute Gasteiger partial charge is 0.480 e. The van der Waals surface area contributed by atoms with Gasteiger partial charge >= 0.3 is 5.97 Å². The zero-order valence-corrected chi connectivity index (χ0v) is 12.9. The third kappa shape index (κ3) is 7.76. The lowest BCUT2D eigenvalue weighted by atomic mass is 9.96. The summed E-state index contributed by atoms with van der Waals surface area (Å²) in [6.45, 7) is 7.97. The van der Waals surface area contributed by atoms with Crippen molar-refractivity contribution < 1.29 is 19.5 Å². The summed E-state index contributed by atoms with van der Waals surface area (Å²) in [5.41, 5.74) is -0.443. The number of hydrogen-bond donors (Lipinski definition) is 2. The van der Waals surface area contributed by atoms with Gasteiger partial charge in [0, 0.05) is 24.9 Å². The Morgan fingerprint density at radius 3 is 2.25 bits per heavy atom. The Hall–Kier alpha value is -1.59. The molecule has 0 rings (SSSR count). The quantitative estimate of drug-likeness (QED) is 0.657. The van der Waals surface area contributed by atoms with Crippen molar-refractivity contribution in [2.75, 3.05) is 19.6 Å². The van der Waals surface area contributed by atoms with Crippen LogP contribution in [0.25, 0.3) is 0 Å². The average molecular weight is 286 g/mol. The lowest BCUT2D eigenvalue weighted by molar-refractivity contribution is -0.144. The molecule has 6 nitrogen and oxygen atoms in total. The third-order valence-corrected chi connectivity index (χ3v) is 2.71. The Labute approximate surface area is 120 Å². The molecular weight excluding hydrogens is 260 g/mol. The molecule has 0 radical (unpaired) electrons. The molecule has 0 fully saturated rings. The highest BCUT2D eigenvalue weighted by atomic mass is 16.4. The minimum absolute atomic E-state index is 0.0547. The van der Waals surface area contributed by atoms with Crippen molar-refractivity contribution in [3.63, 3.8) is 0 Å². The molecule has 0 heterocycles. The molecule has 0 saturated carbocycles. The van der Waals surface area contributed by atoms with E-state index in [1.807, 2.05) is 27.7 Å². The lowest BCUT2D eigenvalue weighted by Gasteiger charge is -2.20. The van der Waals surface area contributed by atoms with Crippen LogP contribution in [0, 0.1) is 5.41 Å². The Bertz CT molecular complexity index is 348. The van der Waals surface area contributed by atoms with E-state index in [4.69, 9.17) is 5.11 Å². The second kappa shape index (κ2) is 8.55. The lowest BCUT2D eigenvalue weighted by Crippen LogP contribution is -2.38.